The molecule has 1 saturated heterocycles. The van der Waals surface area contributed by atoms with Gasteiger partial charge in [-0.1, -0.05) is 0 Å². The van der Waals surface area contributed by atoms with Crippen LogP contribution in [0, 0.1) is 0 Å². The topological polar surface area (TPSA) is 49.3 Å². The van der Waals surface area contributed by atoms with Gasteiger partial charge in [-0.2, -0.15) is 11.8 Å². The minimum Gasteiger partial charge on any atom is -0.379 e. The van der Waals surface area contributed by atoms with Crippen molar-refractivity contribution >= 4 is 44.9 Å². The first kappa shape index (κ1) is 12.4. The van der Waals surface area contributed by atoms with Crippen molar-refractivity contribution in [3.8, 4) is 0 Å². The van der Waals surface area contributed by atoms with Gasteiger partial charge in [-0.25, -0.2) is 0 Å². The predicted molar refractivity (Wildman–Crippen MR) is 70.8 cm³/mol. The summed E-state index contributed by atoms with van der Waals surface area (Å²) in [5.41, 5.74) is -1.15. The number of carbonyl (C=O) groups is 1. The second-order valence-corrected chi connectivity index (χ2v) is 6.76. The predicted octanol–water partition coefficient (Wildman–Crippen LogP) is 1.99. The third kappa shape index (κ3) is 2.80. The van der Waals surface area contributed by atoms with Crippen LogP contribution in [-0.2, 0) is 11.3 Å². The first-order valence-electron chi connectivity index (χ1n) is 4.91. The van der Waals surface area contributed by atoms with Crippen molar-refractivity contribution in [2.75, 3.05) is 11.5 Å². The summed E-state index contributed by atoms with van der Waals surface area (Å²) in [6.45, 7) is 0.488. The smallest absolute Gasteiger partial charge is 0.253 e. The van der Waals surface area contributed by atoms with Crippen LogP contribution in [0.5, 0.6) is 0 Å². The van der Waals surface area contributed by atoms with Crippen LogP contribution >= 0.6 is 39.0 Å². The van der Waals surface area contributed by atoms with Crippen molar-refractivity contribution in [1.29, 1.82) is 0 Å². The molecule has 0 spiro atoms. The minimum atomic E-state index is -1.15. The summed E-state index contributed by atoms with van der Waals surface area (Å²) in [5, 5.41) is 14.8. The highest BCUT2D eigenvalue weighted by atomic mass is 79.9. The van der Waals surface area contributed by atoms with Crippen LogP contribution < -0.4 is 5.32 Å². The van der Waals surface area contributed by atoms with Crippen LogP contribution in [0.25, 0.3) is 0 Å². The van der Waals surface area contributed by atoms with Gasteiger partial charge in [0, 0.05) is 20.5 Å². The Morgan fingerprint density at radius 2 is 2.50 bits per heavy atom. The second kappa shape index (κ2) is 5.08. The number of nitrogens with one attached hydrogen (secondary N) is 1. The monoisotopic (exact) mass is 321 g/mol. The van der Waals surface area contributed by atoms with Gasteiger partial charge in [-0.15, -0.1) is 11.3 Å². The van der Waals surface area contributed by atoms with Crippen molar-refractivity contribution in [3.63, 3.8) is 0 Å². The van der Waals surface area contributed by atoms with Crippen LogP contribution in [0.15, 0.2) is 15.9 Å². The largest absolute Gasteiger partial charge is 0.379 e. The number of halogens is 1. The van der Waals surface area contributed by atoms with E-state index in [1.54, 1.807) is 23.1 Å². The number of hydrogen-bond acceptors (Lipinski definition) is 4. The Morgan fingerprint density at radius 1 is 1.69 bits per heavy atom. The van der Waals surface area contributed by atoms with Gasteiger partial charge in [0.25, 0.3) is 5.91 Å². The Balaban J connectivity index is 1.88. The van der Waals surface area contributed by atoms with E-state index in [2.05, 4.69) is 21.2 Å². The van der Waals surface area contributed by atoms with Crippen molar-refractivity contribution in [2.45, 2.75) is 18.6 Å². The lowest BCUT2D eigenvalue weighted by molar-refractivity contribution is -0.137. The highest BCUT2D eigenvalue weighted by Crippen LogP contribution is 2.28. The van der Waals surface area contributed by atoms with E-state index in [0.717, 1.165) is 15.1 Å². The minimum absolute atomic E-state index is 0.248. The lowest BCUT2D eigenvalue weighted by atomic mass is 10.0. The average molecular weight is 322 g/mol. The molecular formula is C10H12BrNO2S2. The summed E-state index contributed by atoms with van der Waals surface area (Å²) in [6.07, 6.45) is 0.553. The Morgan fingerprint density at radius 3 is 3.06 bits per heavy atom. The maximum Gasteiger partial charge on any atom is 0.253 e. The molecule has 1 atom stereocenters. The summed E-state index contributed by atoms with van der Waals surface area (Å²) in [6, 6.07) is 1.97. The Hall–Kier alpha value is -0.0400. The van der Waals surface area contributed by atoms with E-state index < -0.39 is 5.60 Å². The molecule has 0 radical (unpaired) electrons. The first-order chi connectivity index (χ1) is 7.60. The highest BCUT2D eigenvalue weighted by Gasteiger charge is 2.39. The number of rotatable bonds is 3. The van der Waals surface area contributed by atoms with Crippen molar-refractivity contribution in [3.05, 3.63) is 20.8 Å². The normalized spacial score (nSPS) is 24.6. The van der Waals surface area contributed by atoms with Crippen molar-refractivity contribution < 1.29 is 9.90 Å². The van der Waals surface area contributed by atoms with Crippen LogP contribution in [0.2, 0.25) is 0 Å². The molecule has 16 heavy (non-hydrogen) atoms. The molecule has 88 valence electrons. The van der Waals surface area contributed by atoms with Crippen LogP contribution in [0.1, 0.15) is 11.3 Å². The summed E-state index contributed by atoms with van der Waals surface area (Å²) in [4.78, 5) is 12.8. The molecule has 1 aromatic heterocycles. The van der Waals surface area contributed by atoms with Gasteiger partial charge in [-0.05, 0) is 34.2 Å². The van der Waals surface area contributed by atoms with E-state index in [1.165, 1.54) is 0 Å². The van der Waals surface area contributed by atoms with E-state index >= 15 is 0 Å². The summed E-state index contributed by atoms with van der Waals surface area (Å²) in [5.74, 6) is 1.11. The van der Waals surface area contributed by atoms with Gasteiger partial charge in [0.1, 0.15) is 0 Å². The fraction of sp³-hybridized carbons (Fsp3) is 0.500. The standard InChI is InChI=1S/C10H12BrNO2S2/c11-7-3-8(16-5-7)4-12-9(13)10(14)1-2-15-6-10/h3,5,14H,1-2,4,6H2,(H,12,13). The van der Waals surface area contributed by atoms with E-state index in [-0.39, 0.29) is 5.91 Å². The fourth-order valence-electron chi connectivity index (χ4n) is 1.51. The van der Waals surface area contributed by atoms with Gasteiger partial charge in [0.2, 0.25) is 0 Å². The molecule has 0 aromatic carbocycles. The highest BCUT2D eigenvalue weighted by molar-refractivity contribution is 9.10. The second-order valence-electron chi connectivity index (χ2n) is 3.75. The summed E-state index contributed by atoms with van der Waals surface area (Å²) < 4.78 is 1.02. The number of aliphatic hydroxyl groups is 1. The molecule has 0 saturated carbocycles. The van der Waals surface area contributed by atoms with E-state index in [0.29, 0.717) is 18.7 Å². The molecule has 1 fully saturated rings. The molecule has 1 amide bonds. The fourth-order valence-corrected chi connectivity index (χ4v) is 4.14. The van der Waals surface area contributed by atoms with Gasteiger partial charge in [0.15, 0.2) is 5.60 Å². The third-order valence-corrected chi connectivity index (χ3v) is 5.34. The van der Waals surface area contributed by atoms with E-state index in [9.17, 15) is 9.90 Å². The molecule has 1 unspecified atom stereocenters. The third-order valence-electron chi connectivity index (χ3n) is 2.47. The zero-order valence-electron chi connectivity index (χ0n) is 8.53. The average Bonchev–Trinajstić information content (AvgIpc) is 2.85. The zero-order chi connectivity index (χ0) is 11.6. The molecule has 1 aliphatic heterocycles. The molecule has 0 bridgehead atoms. The molecule has 2 rings (SSSR count). The molecule has 2 N–H and O–H groups in total. The van der Waals surface area contributed by atoms with Crippen LogP contribution in [0.3, 0.4) is 0 Å². The van der Waals surface area contributed by atoms with Crippen LogP contribution in [-0.4, -0.2) is 28.1 Å². The van der Waals surface area contributed by atoms with Gasteiger partial charge < -0.3 is 10.4 Å². The molecule has 1 aliphatic rings. The Kier molecular flexibility index (Phi) is 3.94. The number of amides is 1. The van der Waals surface area contributed by atoms with Crippen molar-refractivity contribution in [1.82, 2.24) is 5.32 Å². The molecule has 0 aliphatic carbocycles. The molecular weight excluding hydrogens is 310 g/mol. The van der Waals surface area contributed by atoms with E-state index in [1.807, 2.05) is 11.4 Å². The zero-order valence-corrected chi connectivity index (χ0v) is 11.8. The maximum atomic E-state index is 11.8. The van der Waals surface area contributed by atoms with Gasteiger partial charge in [-0.3, -0.25) is 4.79 Å². The first-order valence-corrected chi connectivity index (χ1v) is 7.74. The molecule has 6 heteroatoms. The number of thioether (sulfide) groups is 1. The lowest BCUT2D eigenvalue weighted by Crippen LogP contribution is -2.46. The van der Waals surface area contributed by atoms with Gasteiger partial charge in [0.05, 0.1) is 6.54 Å². The number of thiophene rings is 1. The molecule has 2 heterocycles. The molecule has 1 aromatic rings. The maximum absolute atomic E-state index is 11.8. The number of hydrogen-bond donors (Lipinski definition) is 2. The lowest BCUT2D eigenvalue weighted by Gasteiger charge is -2.19. The molecule has 3 nitrogen and oxygen atoms in total. The van der Waals surface area contributed by atoms with Crippen LogP contribution in [0.4, 0.5) is 0 Å². The Labute approximate surface area is 111 Å². The number of carbonyl (C=O) groups excluding carboxylic acids is 1. The van der Waals surface area contributed by atoms with Crippen molar-refractivity contribution in [2.24, 2.45) is 0 Å². The quantitative estimate of drug-likeness (QED) is 0.895. The SMILES string of the molecule is O=C(NCc1cc(Br)cs1)C1(O)CCSC1. The Bertz CT molecular complexity index is 388. The summed E-state index contributed by atoms with van der Waals surface area (Å²) >= 11 is 6.56. The summed E-state index contributed by atoms with van der Waals surface area (Å²) in [7, 11) is 0. The van der Waals surface area contributed by atoms with Gasteiger partial charge >= 0.3 is 0 Å². The van der Waals surface area contributed by atoms with E-state index in [4.69, 9.17) is 0 Å².